The first-order chi connectivity index (χ1) is 6.88. The van der Waals surface area contributed by atoms with Crippen LogP contribution >= 0.6 is 0 Å². The third-order valence-corrected chi connectivity index (χ3v) is 0. The monoisotopic (exact) mass is 216 g/mol. The number of rotatable bonds is 0. The molecule has 0 amide bonds. The van der Waals surface area contributed by atoms with Gasteiger partial charge >= 0.3 is 0 Å². The molecule has 0 saturated carbocycles. The SMILES string of the molecule is C=C(C)C.C=C(C)C.CC.CC.CCC. The highest BCUT2D eigenvalue weighted by molar-refractivity contribution is 4.79. The van der Waals surface area contributed by atoms with Crippen molar-refractivity contribution in [2.24, 2.45) is 0 Å². The Kier molecular flexibility index (Phi) is 97.6. The Morgan fingerprint density at radius 3 is 0.667 bits per heavy atom. The van der Waals surface area contributed by atoms with Gasteiger partial charge in [-0.1, -0.05) is 59.1 Å². The zero-order valence-electron chi connectivity index (χ0n) is 13.1. The van der Waals surface area contributed by atoms with Gasteiger partial charge in [-0.3, -0.25) is 0 Å². The largest absolute Gasteiger partial charge is 0.100 e. The van der Waals surface area contributed by atoms with E-state index in [1.807, 2.05) is 55.4 Å². The van der Waals surface area contributed by atoms with E-state index in [1.54, 1.807) is 0 Å². The third kappa shape index (κ3) is 6570. The van der Waals surface area contributed by atoms with Crippen LogP contribution in [0.5, 0.6) is 0 Å². The second-order valence-electron chi connectivity index (χ2n) is 3.12. The minimum Gasteiger partial charge on any atom is -0.100 e. The Labute approximate surface area is 100 Å². The number of hydrogen-bond donors (Lipinski definition) is 0. The molecule has 0 radical (unpaired) electrons. The van der Waals surface area contributed by atoms with Crippen molar-refractivity contribution in [2.45, 2.75) is 75.7 Å². The van der Waals surface area contributed by atoms with Crippen LogP contribution in [0.2, 0.25) is 0 Å². The highest BCUT2D eigenvalue weighted by Gasteiger charge is 1.52. The normalized spacial score (nSPS) is 5.47. The first-order valence-corrected chi connectivity index (χ1v) is 6.12. The van der Waals surface area contributed by atoms with Crippen LogP contribution in [0.4, 0.5) is 0 Å². The van der Waals surface area contributed by atoms with Crippen LogP contribution in [-0.4, -0.2) is 0 Å². The fraction of sp³-hybridized carbons (Fsp3) is 0.733. The van der Waals surface area contributed by atoms with Gasteiger partial charge in [0.2, 0.25) is 0 Å². The number of allylic oxidation sites excluding steroid dienone is 2. The van der Waals surface area contributed by atoms with Gasteiger partial charge in [0.25, 0.3) is 0 Å². The van der Waals surface area contributed by atoms with Gasteiger partial charge in [0, 0.05) is 0 Å². The summed E-state index contributed by atoms with van der Waals surface area (Å²) in [5.74, 6) is 0. The van der Waals surface area contributed by atoms with Crippen LogP contribution in [0.3, 0.4) is 0 Å². The molecule has 0 spiro atoms. The molecule has 0 unspecified atom stereocenters. The van der Waals surface area contributed by atoms with Gasteiger partial charge in [-0.05, 0) is 27.7 Å². The van der Waals surface area contributed by atoms with Gasteiger partial charge in [0.05, 0.1) is 0 Å². The molecule has 0 saturated heterocycles. The van der Waals surface area contributed by atoms with Crippen molar-refractivity contribution in [1.82, 2.24) is 0 Å². The molecular weight excluding hydrogens is 180 g/mol. The maximum absolute atomic E-state index is 3.56. The maximum atomic E-state index is 3.56. The molecule has 0 atom stereocenters. The zero-order chi connectivity index (χ0) is 13.9. The van der Waals surface area contributed by atoms with Crippen LogP contribution in [0.25, 0.3) is 0 Å². The smallest absolute Gasteiger partial charge is 0.0445 e. The summed E-state index contributed by atoms with van der Waals surface area (Å²) in [4.78, 5) is 0. The van der Waals surface area contributed by atoms with Gasteiger partial charge in [-0.25, -0.2) is 0 Å². The van der Waals surface area contributed by atoms with Gasteiger partial charge in [-0.2, -0.15) is 0 Å². The van der Waals surface area contributed by atoms with Crippen molar-refractivity contribution >= 4 is 0 Å². The number of hydrogen-bond acceptors (Lipinski definition) is 0. The summed E-state index contributed by atoms with van der Waals surface area (Å²) in [6.07, 6.45) is 1.25. The average Bonchev–Trinajstić information content (AvgIpc) is 2.09. The Bertz CT molecular complexity index is 68.2. The molecule has 0 aliphatic heterocycles. The Hall–Kier alpha value is -0.520. The van der Waals surface area contributed by atoms with Crippen molar-refractivity contribution in [2.75, 3.05) is 0 Å². The topological polar surface area (TPSA) is 0 Å². The molecule has 0 heterocycles. The van der Waals surface area contributed by atoms with Gasteiger partial charge in [-0.15, -0.1) is 13.2 Å². The lowest BCUT2D eigenvalue weighted by molar-refractivity contribution is 1.09. The quantitative estimate of drug-likeness (QED) is 0.398. The van der Waals surface area contributed by atoms with Crippen LogP contribution in [0.1, 0.15) is 75.7 Å². The van der Waals surface area contributed by atoms with E-state index in [2.05, 4.69) is 27.0 Å². The molecule has 0 heteroatoms. The van der Waals surface area contributed by atoms with E-state index in [-0.39, 0.29) is 0 Å². The first-order valence-electron chi connectivity index (χ1n) is 6.12. The van der Waals surface area contributed by atoms with Crippen molar-refractivity contribution in [1.29, 1.82) is 0 Å². The molecule has 0 aliphatic carbocycles. The molecule has 0 nitrogen and oxygen atoms in total. The standard InChI is InChI=1S/2C4H8.C3H8.2C2H6/c2*1-4(2)3;1-3-2;2*1-2/h2*1H2,2-3H3;3H2,1-2H3;2*1-2H3. The fourth-order valence-electron chi connectivity index (χ4n) is 0. The molecule has 0 aromatic carbocycles. The van der Waals surface area contributed by atoms with Crippen LogP contribution in [-0.2, 0) is 0 Å². The van der Waals surface area contributed by atoms with Crippen LogP contribution < -0.4 is 0 Å². The lowest BCUT2D eigenvalue weighted by atomic mass is 10.4. The van der Waals surface area contributed by atoms with Gasteiger partial charge in [0.1, 0.15) is 0 Å². The lowest BCUT2D eigenvalue weighted by Gasteiger charge is -1.65. The Balaban J connectivity index is -0.0000000289. The molecule has 0 N–H and O–H groups in total. The molecule has 96 valence electrons. The third-order valence-electron chi connectivity index (χ3n) is 0. The van der Waals surface area contributed by atoms with E-state index >= 15 is 0 Å². The Morgan fingerprint density at radius 1 is 0.667 bits per heavy atom. The van der Waals surface area contributed by atoms with E-state index in [0.717, 1.165) is 0 Å². The predicted molar refractivity (Wildman–Crippen MR) is 79.6 cm³/mol. The Morgan fingerprint density at radius 2 is 0.667 bits per heavy atom. The molecule has 0 fully saturated rings. The van der Waals surface area contributed by atoms with Crippen molar-refractivity contribution in [3.63, 3.8) is 0 Å². The van der Waals surface area contributed by atoms with Crippen molar-refractivity contribution in [3.8, 4) is 0 Å². The summed E-state index contributed by atoms with van der Waals surface area (Å²) in [7, 11) is 0. The second-order valence-corrected chi connectivity index (χ2v) is 3.12. The summed E-state index contributed by atoms with van der Waals surface area (Å²) in [6.45, 7) is 27.2. The van der Waals surface area contributed by atoms with E-state index < -0.39 is 0 Å². The molecular formula is C15H36. The highest BCUT2D eigenvalue weighted by atomic mass is 13.6. The molecule has 0 aromatic rings. The van der Waals surface area contributed by atoms with E-state index in [4.69, 9.17) is 0 Å². The van der Waals surface area contributed by atoms with Crippen LogP contribution in [0, 0.1) is 0 Å². The second kappa shape index (κ2) is 50.0. The fourth-order valence-corrected chi connectivity index (χ4v) is 0. The predicted octanol–water partition coefficient (Wildman–Crippen LogP) is 6.63. The molecule has 0 bridgehead atoms. The highest BCUT2D eigenvalue weighted by Crippen LogP contribution is 1.74. The zero-order valence-corrected chi connectivity index (χ0v) is 13.1. The minimum absolute atomic E-state index is 1.17. The van der Waals surface area contributed by atoms with Gasteiger partial charge in [0.15, 0.2) is 0 Å². The van der Waals surface area contributed by atoms with E-state index in [9.17, 15) is 0 Å². The summed E-state index contributed by atoms with van der Waals surface area (Å²) in [6, 6.07) is 0. The minimum atomic E-state index is 1.17. The molecule has 15 heavy (non-hydrogen) atoms. The molecule has 0 aliphatic rings. The van der Waals surface area contributed by atoms with Crippen LogP contribution in [0.15, 0.2) is 24.3 Å². The average molecular weight is 216 g/mol. The van der Waals surface area contributed by atoms with Gasteiger partial charge < -0.3 is 0 Å². The molecule has 0 rings (SSSR count). The summed E-state index contributed by atoms with van der Waals surface area (Å²) < 4.78 is 0. The maximum Gasteiger partial charge on any atom is -0.0445 e. The summed E-state index contributed by atoms with van der Waals surface area (Å²) in [5, 5.41) is 0. The summed E-state index contributed by atoms with van der Waals surface area (Å²) >= 11 is 0. The first kappa shape index (κ1) is 29.3. The summed E-state index contributed by atoms with van der Waals surface area (Å²) in [5.41, 5.74) is 2.33. The van der Waals surface area contributed by atoms with Crippen molar-refractivity contribution < 1.29 is 0 Å². The molecule has 0 aromatic heterocycles. The van der Waals surface area contributed by atoms with E-state index in [1.165, 1.54) is 17.6 Å². The van der Waals surface area contributed by atoms with Crippen molar-refractivity contribution in [3.05, 3.63) is 24.3 Å². The lowest BCUT2D eigenvalue weighted by Crippen LogP contribution is -1.43. The van der Waals surface area contributed by atoms with E-state index in [0.29, 0.717) is 0 Å².